The number of aromatic nitrogens is 2. The van der Waals surface area contributed by atoms with E-state index in [0.29, 0.717) is 0 Å². The molecule has 0 unspecified atom stereocenters. The molecule has 1 aromatic heterocycles. The number of ether oxygens (including phenoxy) is 1. The zero-order valence-corrected chi connectivity index (χ0v) is 14.5. The summed E-state index contributed by atoms with van der Waals surface area (Å²) in [6.07, 6.45) is 1.24. The number of hydrogen-bond donors (Lipinski definition) is 1. The van der Waals surface area contributed by atoms with Crippen LogP contribution in [0.4, 0.5) is 4.39 Å². The topological polar surface area (TPSA) is 99.4 Å². The lowest BCUT2D eigenvalue weighted by Crippen LogP contribution is -2.41. The number of para-hydroxylation sites is 1. The molecular weight excluding hydrogens is 353 g/mol. The highest BCUT2D eigenvalue weighted by Crippen LogP contribution is 2.15. The molecule has 10 heteroatoms. The molecule has 1 N–H and O–H groups in total. The van der Waals surface area contributed by atoms with Gasteiger partial charge in [-0.15, -0.1) is 0 Å². The quantitative estimate of drug-likeness (QED) is 0.689. The van der Waals surface area contributed by atoms with Gasteiger partial charge in [0.25, 0.3) is 5.56 Å². The Bertz CT molecular complexity index is 981. The summed E-state index contributed by atoms with van der Waals surface area (Å²) < 4.78 is 47.0. The molecule has 8 nitrogen and oxygen atoms in total. The first kappa shape index (κ1) is 18.9. The fourth-order valence-corrected chi connectivity index (χ4v) is 3.29. The summed E-state index contributed by atoms with van der Waals surface area (Å²) in [5.41, 5.74) is -1.53. The Balaban J connectivity index is 1.98. The van der Waals surface area contributed by atoms with Crippen LogP contribution in [0.1, 0.15) is 6.42 Å². The van der Waals surface area contributed by atoms with Crippen molar-refractivity contribution in [2.75, 3.05) is 13.2 Å². The van der Waals surface area contributed by atoms with Crippen LogP contribution in [-0.4, -0.2) is 30.7 Å². The number of nitrogens with zero attached hydrogens (tertiary/aromatic N) is 2. The number of hydrogen-bond acceptors (Lipinski definition) is 5. The molecule has 136 valence electrons. The summed E-state index contributed by atoms with van der Waals surface area (Å²) >= 11 is 0. The van der Waals surface area contributed by atoms with Crippen LogP contribution in [0.25, 0.3) is 0 Å². The summed E-state index contributed by atoms with van der Waals surface area (Å²) in [4.78, 5) is 23.0. The molecule has 2 aromatic rings. The van der Waals surface area contributed by atoms with Gasteiger partial charge in [-0.1, -0.05) is 12.1 Å². The van der Waals surface area contributed by atoms with Crippen LogP contribution in [0, 0.1) is 5.82 Å². The molecule has 0 aliphatic rings. The van der Waals surface area contributed by atoms with Crippen molar-refractivity contribution in [2.24, 2.45) is 14.1 Å². The van der Waals surface area contributed by atoms with Crippen molar-refractivity contribution in [1.29, 1.82) is 0 Å². The fourth-order valence-electron chi connectivity index (χ4n) is 2.06. The van der Waals surface area contributed by atoms with Crippen LogP contribution in [0.2, 0.25) is 0 Å². The summed E-state index contributed by atoms with van der Waals surface area (Å²) in [6.45, 7) is 0.0809. The van der Waals surface area contributed by atoms with Crippen molar-refractivity contribution in [3.8, 4) is 5.75 Å². The van der Waals surface area contributed by atoms with Crippen molar-refractivity contribution in [2.45, 2.75) is 11.3 Å². The van der Waals surface area contributed by atoms with Crippen LogP contribution < -0.4 is 20.7 Å². The van der Waals surface area contributed by atoms with Gasteiger partial charge in [0, 0.05) is 26.8 Å². The first-order chi connectivity index (χ1) is 11.7. The Labute approximate surface area is 143 Å². The molecule has 0 saturated carbocycles. The molecule has 0 atom stereocenters. The average molecular weight is 371 g/mol. The second-order valence-electron chi connectivity index (χ2n) is 5.28. The number of rotatable bonds is 7. The third-order valence-electron chi connectivity index (χ3n) is 3.41. The minimum Gasteiger partial charge on any atom is -0.490 e. The van der Waals surface area contributed by atoms with E-state index in [1.54, 1.807) is 6.07 Å². The molecule has 0 fully saturated rings. The average Bonchev–Trinajstić information content (AvgIpc) is 2.57. The van der Waals surface area contributed by atoms with Crippen LogP contribution in [0.3, 0.4) is 0 Å². The molecule has 0 radical (unpaired) electrons. The van der Waals surface area contributed by atoms with Crippen LogP contribution in [0.5, 0.6) is 5.75 Å². The minimum atomic E-state index is -4.08. The maximum absolute atomic E-state index is 13.4. The number of aryl methyl sites for hydroxylation is 1. The molecule has 0 spiro atoms. The lowest BCUT2D eigenvalue weighted by Gasteiger charge is -2.10. The second kappa shape index (κ2) is 7.62. The number of benzene rings is 1. The molecule has 0 aliphatic heterocycles. The van der Waals surface area contributed by atoms with E-state index in [4.69, 9.17) is 4.74 Å². The minimum absolute atomic E-state index is 0.0111. The van der Waals surface area contributed by atoms with Gasteiger partial charge in [-0.3, -0.25) is 9.36 Å². The maximum Gasteiger partial charge on any atom is 0.330 e. The summed E-state index contributed by atoms with van der Waals surface area (Å²) in [5.74, 6) is -0.422. The normalized spacial score (nSPS) is 11.5. The molecule has 2 rings (SSSR count). The smallest absolute Gasteiger partial charge is 0.330 e. The zero-order valence-electron chi connectivity index (χ0n) is 13.7. The molecule has 0 saturated heterocycles. The van der Waals surface area contributed by atoms with E-state index >= 15 is 0 Å². The lowest BCUT2D eigenvalue weighted by atomic mass is 10.3. The van der Waals surface area contributed by atoms with Crippen LogP contribution in [-0.2, 0) is 24.1 Å². The molecule has 25 heavy (non-hydrogen) atoms. The monoisotopic (exact) mass is 371 g/mol. The Morgan fingerprint density at radius 1 is 1.20 bits per heavy atom. The highest BCUT2D eigenvalue weighted by molar-refractivity contribution is 7.89. The molecular formula is C15H18FN3O5S. The summed E-state index contributed by atoms with van der Waals surface area (Å²) in [7, 11) is -1.53. The van der Waals surface area contributed by atoms with E-state index in [-0.39, 0.29) is 25.3 Å². The van der Waals surface area contributed by atoms with E-state index in [9.17, 15) is 22.4 Å². The van der Waals surface area contributed by atoms with Crippen molar-refractivity contribution >= 4 is 10.0 Å². The first-order valence-corrected chi connectivity index (χ1v) is 8.86. The van der Waals surface area contributed by atoms with Crippen molar-refractivity contribution in [3.63, 3.8) is 0 Å². The number of sulfonamides is 1. The molecule has 1 aromatic carbocycles. The van der Waals surface area contributed by atoms with E-state index < -0.39 is 32.0 Å². The lowest BCUT2D eigenvalue weighted by molar-refractivity contribution is 0.296. The van der Waals surface area contributed by atoms with Gasteiger partial charge in [0.05, 0.1) is 6.61 Å². The predicted octanol–water partition coefficient (Wildman–Crippen LogP) is -0.0295. The van der Waals surface area contributed by atoms with Crippen LogP contribution >= 0.6 is 0 Å². The number of nitrogens with one attached hydrogen (secondary N) is 1. The van der Waals surface area contributed by atoms with Crippen molar-refractivity contribution in [3.05, 3.63) is 57.1 Å². The van der Waals surface area contributed by atoms with Crippen LogP contribution in [0.15, 0.2) is 44.9 Å². The van der Waals surface area contributed by atoms with E-state index in [1.165, 1.54) is 32.3 Å². The maximum atomic E-state index is 13.4. The molecule has 0 aliphatic carbocycles. The zero-order chi connectivity index (χ0) is 18.6. The van der Waals surface area contributed by atoms with Gasteiger partial charge in [0.1, 0.15) is 0 Å². The van der Waals surface area contributed by atoms with Gasteiger partial charge in [-0.25, -0.2) is 22.3 Å². The van der Waals surface area contributed by atoms with Gasteiger partial charge < -0.3 is 9.30 Å². The molecule has 0 bridgehead atoms. The SMILES string of the molecule is Cn1cc(S(=O)(=O)NCCCOc2ccccc2F)c(=O)n(C)c1=O. The van der Waals surface area contributed by atoms with Crippen molar-refractivity contribution < 1.29 is 17.5 Å². The third kappa shape index (κ3) is 4.34. The first-order valence-electron chi connectivity index (χ1n) is 7.37. The number of halogens is 1. The van der Waals surface area contributed by atoms with Gasteiger partial charge in [0.15, 0.2) is 16.5 Å². The second-order valence-corrected chi connectivity index (χ2v) is 7.02. The van der Waals surface area contributed by atoms with Gasteiger partial charge in [-0.2, -0.15) is 0 Å². The Kier molecular flexibility index (Phi) is 5.75. The summed E-state index contributed by atoms with van der Waals surface area (Å²) in [6, 6.07) is 5.88. The summed E-state index contributed by atoms with van der Waals surface area (Å²) in [5, 5.41) is 0. The Morgan fingerprint density at radius 3 is 2.56 bits per heavy atom. The predicted molar refractivity (Wildman–Crippen MR) is 88.6 cm³/mol. The highest BCUT2D eigenvalue weighted by atomic mass is 32.2. The van der Waals surface area contributed by atoms with E-state index in [1.807, 2.05) is 0 Å². The van der Waals surface area contributed by atoms with Gasteiger partial charge >= 0.3 is 5.69 Å². The van der Waals surface area contributed by atoms with Crippen molar-refractivity contribution in [1.82, 2.24) is 13.9 Å². The van der Waals surface area contributed by atoms with Gasteiger partial charge in [-0.05, 0) is 18.6 Å². The standard InChI is InChI=1S/C15H18FN3O5S/c1-18-10-13(14(20)19(2)15(18)21)25(22,23)17-8-5-9-24-12-7-4-3-6-11(12)16/h3-4,6-7,10,17H,5,8-9H2,1-2H3. The van der Waals surface area contributed by atoms with E-state index in [0.717, 1.165) is 15.3 Å². The highest BCUT2D eigenvalue weighted by Gasteiger charge is 2.20. The molecule has 1 heterocycles. The third-order valence-corrected chi connectivity index (χ3v) is 4.86. The molecule has 0 amide bonds. The fraction of sp³-hybridized carbons (Fsp3) is 0.333. The Hall–Kier alpha value is -2.46. The van der Waals surface area contributed by atoms with E-state index in [2.05, 4.69) is 4.72 Å². The van der Waals surface area contributed by atoms with Gasteiger partial charge in [0.2, 0.25) is 10.0 Å². The largest absolute Gasteiger partial charge is 0.490 e. The Morgan fingerprint density at radius 2 is 1.88 bits per heavy atom.